The Morgan fingerprint density at radius 3 is 1.08 bits per heavy atom. The largest absolute Gasteiger partial charge is 0.462 e. The average Bonchev–Trinajstić information content (AvgIpc) is 3.14. The molecule has 0 fully saturated rings. The van der Waals surface area contributed by atoms with Crippen molar-refractivity contribution in [3.8, 4) is 0 Å². The predicted molar refractivity (Wildman–Crippen MR) is 224 cm³/mol. The van der Waals surface area contributed by atoms with E-state index in [-0.39, 0.29) is 31.1 Å². The molecule has 0 aromatic heterocycles. The molecule has 0 spiro atoms. The highest BCUT2D eigenvalue weighted by molar-refractivity contribution is 5.71. The van der Waals surface area contributed by atoms with E-state index >= 15 is 0 Å². The van der Waals surface area contributed by atoms with Gasteiger partial charge < -0.3 is 14.2 Å². The summed E-state index contributed by atoms with van der Waals surface area (Å²) in [7, 11) is 0. The molecule has 0 radical (unpaired) electrons. The van der Waals surface area contributed by atoms with Crippen LogP contribution < -0.4 is 0 Å². The van der Waals surface area contributed by atoms with E-state index in [1.807, 2.05) is 0 Å². The maximum Gasteiger partial charge on any atom is 0.306 e. The number of ether oxygens (including phenoxy) is 3. The molecule has 0 rings (SSSR count). The zero-order valence-corrected chi connectivity index (χ0v) is 36.1. The zero-order chi connectivity index (χ0) is 39.0. The third-order valence-corrected chi connectivity index (χ3v) is 10.8. The number of hydrogen-bond donors (Lipinski definition) is 0. The number of carbonyl (C=O) groups is 3. The lowest BCUT2D eigenvalue weighted by Gasteiger charge is -2.18. The summed E-state index contributed by atoms with van der Waals surface area (Å²) < 4.78 is 16.7. The quantitative estimate of drug-likeness (QED) is 0.0352. The highest BCUT2D eigenvalue weighted by atomic mass is 16.6. The number of carbonyl (C=O) groups excluding carboxylic acids is 3. The SMILES string of the molecule is CCCCCCCCCCCCCCCCC(=O)OC[C@H](COC(=O)CCCCCCCCC(C)C)OC(=O)CCCCCCCCCCC(C)CC. The van der Waals surface area contributed by atoms with Gasteiger partial charge in [-0.2, -0.15) is 0 Å². The molecule has 0 bridgehead atoms. The molecule has 0 saturated heterocycles. The van der Waals surface area contributed by atoms with Crippen LogP contribution in [0.3, 0.4) is 0 Å². The molecule has 6 nitrogen and oxygen atoms in total. The van der Waals surface area contributed by atoms with Crippen LogP contribution in [0.4, 0.5) is 0 Å². The molecule has 0 amide bonds. The van der Waals surface area contributed by atoms with Crippen molar-refractivity contribution >= 4 is 17.9 Å². The van der Waals surface area contributed by atoms with Crippen LogP contribution in [0.15, 0.2) is 0 Å². The molecule has 0 aliphatic rings. The second-order valence-electron chi connectivity index (χ2n) is 16.8. The van der Waals surface area contributed by atoms with Gasteiger partial charge >= 0.3 is 17.9 Å². The first kappa shape index (κ1) is 51.4. The second-order valence-corrected chi connectivity index (χ2v) is 16.8. The minimum atomic E-state index is -0.761. The molecular weight excluding hydrogens is 661 g/mol. The standard InChI is InChI=1S/C47H90O6/c1-6-8-9-10-11-12-13-14-15-16-17-21-27-32-37-45(48)51-40-44(41-52-46(49)38-33-28-24-23-25-30-35-42(3)4)53-47(50)39-34-29-22-19-18-20-26-31-36-43(5)7-2/h42-44H,6-41H2,1-5H3/t43?,44-/m1/s1. The molecule has 314 valence electrons. The van der Waals surface area contributed by atoms with E-state index in [1.54, 1.807) is 0 Å². The number of rotatable bonds is 41. The van der Waals surface area contributed by atoms with Crippen LogP contribution in [0, 0.1) is 11.8 Å². The van der Waals surface area contributed by atoms with Crippen molar-refractivity contribution in [2.75, 3.05) is 13.2 Å². The van der Waals surface area contributed by atoms with E-state index in [9.17, 15) is 14.4 Å². The van der Waals surface area contributed by atoms with Crippen molar-refractivity contribution in [3.63, 3.8) is 0 Å². The lowest BCUT2D eigenvalue weighted by Crippen LogP contribution is -2.30. The monoisotopic (exact) mass is 751 g/mol. The first-order valence-corrected chi connectivity index (χ1v) is 23.3. The van der Waals surface area contributed by atoms with Crippen LogP contribution in [0.5, 0.6) is 0 Å². The molecule has 0 aliphatic carbocycles. The van der Waals surface area contributed by atoms with Crippen molar-refractivity contribution in [2.45, 2.75) is 259 Å². The summed E-state index contributed by atoms with van der Waals surface area (Å²) >= 11 is 0. The van der Waals surface area contributed by atoms with Crippen molar-refractivity contribution in [3.05, 3.63) is 0 Å². The Morgan fingerprint density at radius 2 is 0.717 bits per heavy atom. The Balaban J connectivity index is 4.32. The lowest BCUT2D eigenvalue weighted by atomic mass is 9.99. The Kier molecular flexibility index (Phi) is 38.9. The van der Waals surface area contributed by atoms with Crippen LogP contribution in [0.25, 0.3) is 0 Å². The summed E-state index contributed by atoms with van der Waals surface area (Å²) in [5.41, 5.74) is 0. The first-order valence-electron chi connectivity index (χ1n) is 23.3. The van der Waals surface area contributed by atoms with Gasteiger partial charge in [-0.25, -0.2) is 0 Å². The third kappa shape index (κ3) is 39.9. The van der Waals surface area contributed by atoms with Crippen molar-refractivity contribution in [1.82, 2.24) is 0 Å². The van der Waals surface area contributed by atoms with Crippen LogP contribution >= 0.6 is 0 Å². The maximum absolute atomic E-state index is 12.7. The Labute approximate surface area is 329 Å². The van der Waals surface area contributed by atoms with Gasteiger partial charge in [0.25, 0.3) is 0 Å². The number of hydrogen-bond acceptors (Lipinski definition) is 6. The second kappa shape index (κ2) is 40.1. The van der Waals surface area contributed by atoms with E-state index < -0.39 is 6.10 Å². The lowest BCUT2D eigenvalue weighted by molar-refractivity contribution is -0.167. The van der Waals surface area contributed by atoms with E-state index in [4.69, 9.17) is 14.2 Å². The summed E-state index contributed by atoms with van der Waals surface area (Å²) in [5, 5.41) is 0. The highest BCUT2D eigenvalue weighted by Crippen LogP contribution is 2.17. The van der Waals surface area contributed by atoms with Gasteiger partial charge in [-0.05, 0) is 31.1 Å². The van der Waals surface area contributed by atoms with Gasteiger partial charge in [0.15, 0.2) is 6.10 Å². The minimum Gasteiger partial charge on any atom is -0.462 e. The number of esters is 3. The van der Waals surface area contributed by atoms with E-state index in [1.165, 1.54) is 141 Å². The average molecular weight is 751 g/mol. The summed E-state index contributed by atoms with van der Waals surface area (Å²) in [4.78, 5) is 37.7. The van der Waals surface area contributed by atoms with Gasteiger partial charge in [-0.3, -0.25) is 14.4 Å². The fraction of sp³-hybridized carbons (Fsp3) is 0.936. The maximum atomic E-state index is 12.7. The Hall–Kier alpha value is -1.59. The van der Waals surface area contributed by atoms with Crippen LogP contribution in [0.1, 0.15) is 253 Å². The molecule has 0 heterocycles. The minimum absolute atomic E-state index is 0.0656. The normalized spacial score (nSPS) is 12.6. The van der Waals surface area contributed by atoms with Crippen molar-refractivity contribution in [2.24, 2.45) is 11.8 Å². The summed E-state index contributed by atoms with van der Waals surface area (Å²) in [6, 6.07) is 0. The summed E-state index contributed by atoms with van der Waals surface area (Å²) in [6.45, 7) is 11.3. The Bertz CT molecular complexity index is 811. The van der Waals surface area contributed by atoms with Crippen LogP contribution in [-0.4, -0.2) is 37.2 Å². The molecule has 0 N–H and O–H groups in total. The molecule has 1 unspecified atom stereocenters. The predicted octanol–water partition coefficient (Wildman–Crippen LogP) is 14.6. The molecule has 2 atom stereocenters. The van der Waals surface area contributed by atoms with Crippen molar-refractivity contribution < 1.29 is 28.6 Å². The van der Waals surface area contributed by atoms with Crippen LogP contribution in [-0.2, 0) is 28.6 Å². The van der Waals surface area contributed by atoms with Gasteiger partial charge in [0.2, 0.25) is 0 Å². The molecular formula is C47H90O6. The fourth-order valence-corrected chi connectivity index (χ4v) is 6.90. The molecule has 6 heteroatoms. The van der Waals surface area contributed by atoms with E-state index in [0.717, 1.165) is 69.6 Å². The van der Waals surface area contributed by atoms with Gasteiger partial charge in [-0.1, -0.05) is 214 Å². The molecule has 0 aromatic carbocycles. The molecule has 53 heavy (non-hydrogen) atoms. The number of unbranched alkanes of at least 4 members (excludes halogenated alkanes) is 25. The van der Waals surface area contributed by atoms with Gasteiger partial charge in [0.05, 0.1) is 0 Å². The highest BCUT2D eigenvalue weighted by Gasteiger charge is 2.19. The molecule has 0 aromatic rings. The summed E-state index contributed by atoms with van der Waals surface area (Å²) in [6.07, 6.45) is 38.1. The third-order valence-electron chi connectivity index (χ3n) is 10.8. The summed E-state index contributed by atoms with van der Waals surface area (Å²) in [5.74, 6) is 0.746. The fourth-order valence-electron chi connectivity index (χ4n) is 6.90. The smallest absolute Gasteiger partial charge is 0.306 e. The molecule has 0 saturated carbocycles. The van der Waals surface area contributed by atoms with E-state index in [0.29, 0.717) is 19.3 Å². The first-order chi connectivity index (χ1) is 25.8. The van der Waals surface area contributed by atoms with Gasteiger partial charge in [0.1, 0.15) is 13.2 Å². The van der Waals surface area contributed by atoms with Crippen molar-refractivity contribution in [1.29, 1.82) is 0 Å². The zero-order valence-electron chi connectivity index (χ0n) is 36.1. The van der Waals surface area contributed by atoms with Crippen LogP contribution in [0.2, 0.25) is 0 Å². The Morgan fingerprint density at radius 1 is 0.396 bits per heavy atom. The topological polar surface area (TPSA) is 78.9 Å². The van der Waals surface area contributed by atoms with Gasteiger partial charge in [0, 0.05) is 19.3 Å². The molecule has 0 aliphatic heterocycles. The van der Waals surface area contributed by atoms with E-state index in [2.05, 4.69) is 34.6 Å². The van der Waals surface area contributed by atoms with Gasteiger partial charge in [-0.15, -0.1) is 0 Å².